The molecule has 0 spiro atoms. The Balaban J connectivity index is 1.13. The Morgan fingerprint density at radius 3 is 1.66 bits per heavy atom. The van der Waals surface area contributed by atoms with Crippen LogP contribution in [0.4, 0.5) is 0 Å². The first-order chi connectivity index (χ1) is 28.9. The van der Waals surface area contributed by atoms with E-state index in [9.17, 15) is 0 Å². The largest absolute Gasteiger partial charge is 0.457 e. The number of hydrogen-bond donors (Lipinski definition) is 0. The number of pyridine rings is 2. The molecule has 0 saturated carbocycles. The molecule has 0 atom stereocenters. The van der Waals surface area contributed by atoms with Crippen LogP contribution < -0.4 is 4.74 Å². The maximum atomic E-state index is 6.81. The third-order valence-electron chi connectivity index (χ3n) is 12.2. The Morgan fingerprint density at radius 2 is 1.02 bits per heavy atom. The fourth-order valence-electron chi connectivity index (χ4n) is 9.62. The van der Waals surface area contributed by atoms with Gasteiger partial charge < -0.3 is 4.74 Å². The second kappa shape index (κ2) is 12.4. The van der Waals surface area contributed by atoms with Gasteiger partial charge in [0.1, 0.15) is 34.8 Å². The third kappa shape index (κ3) is 4.88. The van der Waals surface area contributed by atoms with Crippen LogP contribution in [-0.4, -0.2) is 28.7 Å². The van der Waals surface area contributed by atoms with Gasteiger partial charge in [-0.15, -0.1) is 0 Å². The van der Waals surface area contributed by atoms with Crippen LogP contribution in [0, 0.1) is 27.7 Å². The molecular formula is C52H36N6O. The van der Waals surface area contributed by atoms with Crippen molar-refractivity contribution in [1.29, 1.82) is 0 Å². The van der Waals surface area contributed by atoms with E-state index in [-0.39, 0.29) is 0 Å². The summed E-state index contributed by atoms with van der Waals surface area (Å²) >= 11 is 0. The van der Waals surface area contributed by atoms with E-state index in [1.807, 2.05) is 30.5 Å². The summed E-state index contributed by atoms with van der Waals surface area (Å²) in [5.41, 5.74) is 17.5. The van der Waals surface area contributed by atoms with Crippen molar-refractivity contribution in [3.05, 3.63) is 168 Å². The molecule has 0 fully saturated rings. The lowest BCUT2D eigenvalue weighted by Gasteiger charge is -2.20. The molecule has 12 rings (SSSR count). The number of benzene rings is 7. The molecule has 0 saturated heterocycles. The van der Waals surface area contributed by atoms with Gasteiger partial charge in [0.2, 0.25) is 0 Å². The van der Waals surface area contributed by atoms with Crippen LogP contribution in [-0.2, 0) is 0 Å². The summed E-state index contributed by atoms with van der Waals surface area (Å²) in [6.45, 7) is 8.86. The van der Waals surface area contributed by atoms with Crippen molar-refractivity contribution in [3.63, 3.8) is 0 Å². The normalized spacial score (nSPS) is 12.1. The minimum atomic E-state index is 0.710. The van der Waals surface area contributed by atoms with Crippen molar-refractivity contribution in [3.8, 4) is 33.8 Å². The number of aryl methyl sites for hydroxylation is 4. The molecule has 280 valence electrons. The second-order valence-corrected chi connectivity index (χ2v) is 15.7. The van der Waals surface area contributed by atoms with E-state index in [1.54, 1.807) is 6.33 Å². The average Bonchev–Trinajstić information content (AvgIpc) is 3.84. The lowest BCUT2D eigenvalue weighted by molar-refractivity contribution is 0.484. The lowest BCUT2D eigenvalue weighted by Crippen LogP contribution is -1.99. The maximum absolute atomic E-state index is 6.81. The zero-order chi connectivity index (χ0) is 39.5. The van der Waals surface area contributed by atoms with Crippen LogP contribution in [0.1, 0.15) is 22.3 Å². The van der Waals surface area contributed by atoms with Crippen LogP contribution in [0.15, 0.2) is 146 Å². The van der Waals surface area contributed by atoms with Crippen LogP contribution in [0.2, 0.25) is 0 Å². The molecule has 0 amide bonds. The molecule has 0 bridgehead atoms. The molecule has 7 nitrogen and oxygen atoms in total. The van der Waals surface area contributed by atoms with Gasteiger partial charge in [-0.3, -0.25) is 8.80 Å². The Bertz CT molecular complexity index is 3720. The Labute approximate surface area is 338 Å². The van der Waals surface area contributed by atoms with E-state index >= 15 is 0 Å². The summed E-state index contributed by atoms with van der Waals surface area (Å²) in [6.07, 6.45) is 3.47. The first-order valence-electron chi connectivity index (χ1n) is 20.0. The number of nitrogens with zero attached hydrogens (tertiary/aromatic N) is 6. The molecule has 7 heteroatoms. The topological polar surface area (TPSA) is 69.6 Å². The number of ether oxygens (including phenoxy) is 1. The second-order valence-electron chi connectivity index (χ2n) is 15.7. The monoisotopic (exact) mass is 760 g/mol. The summed E-state index contributed by atoms with van der Waals surface area (Å²) in [6, 6.07) is 47.2. The molecule has 5 heterocycles. The lowest BCUT2D eigenvalue weighted by atomic mass is 9.87. The molecule has 5 aromatic heterocycles. The molecular weight excluding hydrogens is 725 g/mol. The van der Waals surface area contributed by atoms with E-state index < -0.39 is 0 Å². The highest BCUT2D eigenvalue weighted by atomic mass is 16.5. The van der Waals surface area contributed by atoms with Gasteiger partial charge in [0.15, 0.2) is 0 Å². The fraction of sp³-hybridized carbons (Fsp3) is 0.0769. The van der Waals surface area contributed by atoms with E-state index in [2.05, 4.69) is 151 Å². The molecule has 0 N–H and O–H groups in total. The van der Waals surface area contributed by atoms with Gasteiger partial charge in [-0.25, -0.2) is 19.9 Å². The number of aromatic nitrogens is 6. The third-order valence-corrected chi connectivity index (χ3v) is 12.2. The minimum Gasteiger partial charge on any atom is -0.457 e. The van der Waals surface area contributed by atoms with Crippen LogP contribution in [0.25, 0.3) is 99.1 Å². The van der Waals surface area contributed by atoms with E-state index in [0.29, 0.717) is 5.75 Å². The standard InChI is InChI=1S/C52H36N6O/c1-29-11-9-12-30(2)47(29)33-23-38-36-21-19-34(59-35-20-22-37-40(26-35)52-56-44-16-6-8-18-46(44)58(52)50-42(37)27-53-28-54-50)25-39(36)51-55-43-15-5-7-17-45(43)57(51)49(38)41(24-33)48-31(3)13-10-14-32(48)4/h5-28H,1-4H3. The van der Waals surface area contributed by atoms with Crippen LogP contribution in [0.5, 0.6) is 11.5 Å². The Hall–Kier alpha value is -7.64. The summed E-state index contributed by atoms with van der Waals surface area (Å²) in [5, 5.41) is 6.23. The van der Waals surface area contributed by atoms with E-state index in [4.69, 9.17) is 19.7 Å². The van der Waals surface area contributed by atoms with E-state index in [1.165, 1.54) is 44.5 Å². The van der Waals surface area contributed by atoms with Crippen molar-refractivity contribution in [2.75, 3.05) is 0 Å². The minimum absolute atomic E-state index is 0.710. The van der Waals surface area contributed by atoms with E-state index in [0.717, 1.165) is 82.6 Å². The van der Waals surface area contributed by atoms with Gasteiger partial charge in [0.05, 0.1) is 27.6 Å². The van der Waals surface area contributed by atoms with Crippen molar-refractivity contribution >= 4 is 76.8 Å². The summed E-state index contributed by atoms with van der Waals surface area (Å²) < 4.78 is 11.3. The fourth-order valence-corrected chi connectivity index (χ4v) is 9.62. The van der Waals surface area contributed by atoms with Gasteiger partial charge in [0.25, 0.3) is 0 Å². The molecule has 0 unspecified atom stereocenters. The smallest absolute Gasteiger partial charge is 0.150 e. The molecule has 7 aromatic carbocycles. The SMILES string of the molecule is Cc1cccc(C)c1-c1cc(-c2c(C)cccc2C)c2c(c1)c1ccc(Oc3ccc4c5cncnc5n5c6ccccc6nc5c4c3)cc1c1nc3ccccc3n12. The first-order valence-corrected chi connectivity index (χ1v) is 20.0. The number of para-hydroxylation sites is 4. The summed E-state index contributed by atoms with van der Waals surface area (Å²) in [5.74, 6) is 1.43. The van der Waals surface area contributed by atoms with Crippen molar-refractivity contribution < 1.29 is 4.74 Å². The van der Waals surface area contributed by atoms with Gasteiger partial charge in [-0.2, -0.15) is 0 Å². The Kier molecular flexibility index (Phi) is 7.06. The van der Waals surface area contributed by atoms with Gasteiger partial charge in [0, 0.05) is 33.3 Å². The summed E-state index contributed by atoms with van der Waals surface area (Å²) in [7, 11) is 0. The quantitative estimate of drug-likeness (QED) is 0.167. The number of fused-ring (bicyclic) bond motifs is 16. The van der Waals surface area contributed by atoms with Gasteiger partial charge >= 0.3 is 0 Å². The number of hydrogen-bond acceptors (Lipinski definition) is 5. The van der Waals surface area contributed by atoms with Crippen LogP contribution >= 0.6 is 0 Å². The molecule has 12 aromatic rings. The average molecular weight is 761 g/mol. The maximum Gasteiger partial charge on any atom is 0.150 e. The molecule has 0 radical (unpaired) electrons. The predicted molar refractivity (Wildman–Crippen MR) is 241 cm³/mol. The Morgan fingerprint density at radius 1 is 0.458 bits per heavy atom. The van der Waals surface area contributed by atoms with Gasteiger partial charge in [-0.1, -0.05) is 60.7 Å². The number of imidazole rings is 2. The zero-order valence-corrected chi connectivity index (χ0v) is 32.9. The molecule has 0 aliphatic carbocycles. The zero-order valence-electron chi connectivity index (χ0n) is 32.9. The summed E-state index contributed by atoms with van der Waals surface area (Å²) in [4.78, 5) is 19.5. The highest BCUT2D eigenvalue weighted by Crippen LogP contribution is 2.44. The molecule has 0 aliphatic heterocycles. The predicted octanol–water partition coefficient (Wildman–Crippen LogP) is 13.1. The van der Waals surface area contributed by atoms with Gasteiger partial charge in [-0.05, 0) is 150 Å². The van der Waals surface area contributed by atoms with Crippen LogP contribution in [0.3, 0.4) is 0 Å². The highest BCUT2D eigenvalue weighted by Gasteiger charge is 2.22. The van der Waals surface area contributed by atoms with Crippen molar-refractivity contribution in [2.24, 2.45) is 0 Å². The highest BCUT2D eigenvalue weighted by molar-refractivity contribution is 6.19. The number of rotatable bonds is 4. The molecule has 0 aliphatic rings. The van der Waals surface area contributed by atoms with Crippen molar-refractivity contribution in [1.82, 2.24) is 28.7 Å². The first kappa shape index (κ1) is 33.5. The molecule has 59 heavy (non-hydrogen) atoms. The van der Waals surface area contributed by atoms with Crippen molar-refractivity contribution in [2.45, 2.75) is 27.7 Å².